The summed E-state index contributed by atoms with van der Waals surface area (Å²) in [7, 11) is 0. The lowest BCUT2D eigenvalue weighted by atomic mass is 10.1. The molecule has 1 unspecified atom stereocenters. The molecule has 0 aliphatic carbocycles. The van der Waals surface area contributed by atoms with Crippen LogP contribution in [-0.2, 0) is 0 Å². The Morgan fingerprint density at radius 3 is 2.83 bits per heavy atom. The molecule has 18 heavy (non-hydrogen) atoms. The van der Waals surface area contributed by atoms with E-state index in [9.17, 15) is 9.18 Å². The molecule has 5 heteroatoms. The first kappa shape index (κ1) is 14.9. The fourth-order valence-electron chi connectivity index (χ4n) is 1.60. The highest BCUT2D eigenvalue weighted by Crippen LogP contribution is 2.20. The number of aliphatic hydroxyl groups is 1. The van der Waals surface area contributed by atoms with Gasteiger partial charge in [0, 0.05) is 12.6 Å². The van der Waals surface area contributed by atoms with Crippen LogP contribution >= 0.6 is 11.6 Å². The van der Waals surface area contributed by atoms with Crippen molar-refractivity contribution in [3.8, 4) is 0 Å². The highest BCUT2D eigenvalue weighted by Gasteiger charge is 2.15. The molecule has 0 fully saturated rings. The van der Waals surface area contributed by atoms with Gasteiger partial charge in [0.05, 0.1) is 10.6 Å². The molecule has 0 aliphatic heterocycles. The fourth-order valence-corrected chi connectivity index (χ4v) is 1.84. The van der Waals surface area contributed by atoms with Gasteiger partial charge in [0.2, 0.25) is 0 Å². The SMILES string of the molecule is Cc1cc(C(=O)NC(C)CCCO)c(Cl)cc1F. The molecular weight excluding hydrogens is 257 g/mol. The summed E-state index contributed by atoms with van der Waals surface area (Å²) in [5, 5.41) is 11.6. The Hall–Kier alpha value is -1.13. The molecule has 1 aromatic carbocycles. The van der Waals surface area contributed by atoms with Crippen molar-refractivity contribution in [3.63, 3.8) is 0 Å². The van der Waals surface area contributed by atoms with E-state index < -0.39 is 5.82 Å². The van der Waals surface area contributed by atoms with Crippen LogP contribution in [0.3, 0.4) is 0 Å². The van der Waals surface area contributed by atoms with Crippen molar-refractivity contribution in [2.24, 2.45) is 0 Å². The predicted octanol–water partition coefficient (Wildman–Crippen LogP) is 2.68. The van der Waals surface area contributed by atoms with Crippen LogP contribution in [0.15, 0.2) is 12.1 Å². The van der Waals surface area contributed by atoms with Crippen molar-refractivity contribution < 1.29 is 14.3 Å². The lowest BCUT2D eigenvalue weighted by Crippen LogP contribution is -2.32. The molecule has 0 aromatic heterocycles. The molecule has 3 nitrogen and oxygen atoms in total. The van der Waals surface area contributed by atoms with E-state index in [4.69, 9.17) is 16.7 Å². The number of carbonyl (C=O) groups is 1. The molecule has 0 aliphatic rings. The van der Waals surface area contributed by atoms with Crippen molar-refractivity contribution in [1.29, 1.82) is 0 Å². The van der Waals surface area contributed by atoms with Gasteiger partial charge in [0.1, 0.15) is 5.82 Å². The first-order valence-corrected chi connectivity index (χ1v) is 6.21. The second kappa shape index (κ2) is 6.71. The molecule has 0 bridgehead atoms. The van der Waals surface area contributed by atoms with Gasteiger partial charge in [-0.05, 0) is 44.4 Å². The van der Waals surface area contributed by atoms with Gasteiger partial charge in [0.15, 0.2) is 0 Å². The number of nitrogens with one attached hydrogen (secondary N) is 1. The van der Waals surface area contributed by atoms with Crippen LogP contribution in [0.5, 0.6) is 0 Å². The Morgan fingerprint density at radius 1 is 1.56 bits per heavy atom. The van der Waals surface area contributed by atoms with Crippen LogP contribution in [-0.4, -0.2) is 23.7 Å². The number of hydrogen-bond donors (Lipinski definition) is 2. The Balaban J connectivity index is 2.75. The van der Waals surface area contributed by atoms with Crippen molar-refractivity contribution >= 4 is 17.5 Å². The molecule has 1 amide bonds. The van der Waals surface area contributed by atoms with E-state index in [0.717, 1.165) is 6.07 Å². The molecule has 1 atom stereocenters. The highest BCUT2D eigenvalue weighted by atomic mass is 35.5. The van der Waals surface area contributed by atoms with E-state index in [2.05, 4.69) is 5.32 Å². The van der Waals surface area contributed by atoms with Crippen molar-refractivity contribution in [2.75, 3.05) is 6.61 Å². The number of aryl methyl sites for hydroxylation is 1. The summed E-state index contributed by atoms with van der Waals surface area (Å²) in [6.45, 7) is 3.52. The van der Waals surface area contributed by atoms with E-state index in [1.807, 2.05) is 6.92 Å². The maximum absolute atomic E-state index is 13.2. The smallest absolute Gasteiger partial charge is 0.253 e. The normalized spacial score (nSPS) is 12.3. The van der Waals surface area contributed by atoms with E-state index in [1.165, 1.54) is 6.07 Å². The molecule has 0 spiro atoms. The van der Waals surface area contributed by atoms with Crippen molar-refractivity contribution in [2.45, 2.75) is 32.7 Å². The average molecular weight is 274 g/mol. The van der Waals surface area contributed by atoms with Crippen LogP contribution in [0.25, 0.3) is 0 Å². The predicted molar refractivity (Wildman–Crippen MR) is 69.4 cm³/mol. The van der Waals surface area contributed by atoms with Crippen molar-refractivity contribution in [3.05, 3.63) is 34.1 Å². The zero-order valence-corrected chi connectivity index (χ0v) is 11.2. The zero-order valence-electron chi connectivity index (χ0n) is 10.5. The summed E-state index contributed by atoms with van der Waals surface area (Å²) < 4.78 is 13.2. The largest absolute Gasteiger partial charge is 0.396 e. The fraction of sp³-hybridized carbons (Fsp3) is 0.462. The molecule has 0 saturated carbocycles. The van der Waals surface area contributed by atoms with Gasteiger partial charge in [-0.2, -0.15) is 0 Å². The van der Waals surface area contributed by atoms with Crippen LogP contribution in [0.2, 0.25) is 5.02 Å². The van der Waals surface area contributed by atoms with E-state index in [1.54, 1.807) is 6.92 Å². The zero-order chi connectivity index (χ0) is 13.7. The van der Waals surface area contributed by atoms with Crippen LogP contribution in [0, 0.1) is 12.7 Å². The number of benzene rings is 1. The Labute approximate surface area is 111 Å². The molecule has 2 N–H and O–H groups in total. The quantitative estimate of drug-likeness (QED) is 0.867. The average Bonchev–Trinajstić information content (AvgIpc) is 2.31. The summed E-state index contributed by atoms with van der Waals surface area (Å²) in [4.78, 5) is 11.9. The second-order valence-electron chi connectivity index (χ2n) is 4.32. The van der Waals surface area contributed by atoms with E-state index in [-0.39, 0.29) is 29.1 Å². The van der Waals surface area contributed by atoms with E-state index in [0.29, 0.717) is 18.4 Å². The molecule has 1 aromatic rings. The monoisotopic (exact) mass is 273 g/mol. The number of carbonyl (C=O) groups excluding carboxylic acids is 1. The lowest BCUT2D eigenvalue weighted by molar-refractivity contribution is 0.0936. The summed E-state index contributed by atoms with van der Waals surface area (Å²) in [5.41, 5.74) is 0.652. The Morgan fingerprint density at radius 2 is 2.22 bits per heavy atom. The molecule has 0 heterocycles. The Kier molecular flexibility index (Phi) is 5.56. The molecule has 1 rings (SSSR count). The van der Waals surface area contributed by atoms with Gasteiger partial charge in [-0.1, -0.05) is 11.6 Å². The van der Waals surface area contributed by atoms with Gasteiger partial charge in [-0.3, -0.25) is 4.79 Å². The first-order chi connectivity index (χ1) is 8.45. The summed E-state index contributed by atoms with van der Waals surface area (Å²) >= 11 is 5.84. The number of halogens is 2. The number of aliphatic hydroxyl groups excluding tert-OH is 1. The maximum Gasteiger partial charge on any atom is 0.253 e. The number of hydrogen-bond acceptors (Lipinski definition) is 2. The van der Waals surface area contributed by atoms with Gasteiger partial charge < -0.3 is 10.4 Å². The highest BCUT2D eigenvalue weighted by molar-refractivity contribution is 6.33. The minimum Gasteiger partial charge on any atom is -0.396 e. The first-order valence-electron chi connectivity index (χ1n) is 5.83. The van der Waals surface area contributed by atoms with E-state index >= 15 is 0 Å². The lowest BCUT2D eigenvalue weighted by Gasteiger charge is -2.14. The molecule has 0 saturated heterocycles. The van der Waals surface area contributed by atoms with Crippen molar-refractivity contribution in [1.82, 2.24) is 5.32 Å². The summed E-state index contributed by atoms with van der Waals surface area (Å²) in [6, 6.07) is 2.52. The number of amides is 1. The van der Waals surface area contributed by atoms with Gasteiger partial charge in [-0.15, -0.1) is 0 Å². The third kappa shape index (κ3) is 3.96. The summed E-state index contributed by atoms with van der Waals surface area (Å²) in [6.07, 6.45) is 1.30. The molecular formula is C13H17ClFNO2. The third-order valence-electron chi connectivity index (χ3n) is 2.67. The number of rotatable bonds is 5. The summed E-state index contributed by atoms with van der Waals surface area (Å²) in [5.74, 6) is -0.751. The maximum atomic E-state index is 13.2. The standard InChI is InChI=1S/C13H17ClFNO2/c1-8-6-10(11(14)7-12(8)15)13(18)16-9(2)4-3-5-17/h6-7,9,17H,3-5H2,1-2H3,(H,16,18). The van der Waals surface area contributed by atoms with Gasteiger partial charge >= 0.3 is 0 Å². The third-order valence-corrected chi connectivity index (χ3v) is 2.98. The van der Waals surface area contributed by atoms with Gasteiger partial charge in [0.25, 0.3) is 5.91 Å². The van der Waals surface area contributed by atoms with Crippen LogP contribution in [0.1, 0.15) is 35.7 Å². The second-order valence-corrected chi connectivity index (χ2v) is 4.73. The van der Waals surface area contributed by atoms with Crippen LogP contribution in [0.4, 0.5) is 4.39 Å². The minimum atomic E-state index is -0.426. The Bertz CT molecular complexity index is 437. The van der Waals surface area contributed by atoms with Crippen LogP contribution < -0.4 is 5.32 Å². The van der Waals surface area contributed by atoms with Gasteiger partial charge in [-0.25, -0.2) is 4.39 Å². The minimum absolute atomic E-state index is 0.0638. The topological polar surface area (TPSA) is 49.3 Å². The molecule has 100 valence electrons. The molecule has 0 radical (unpaired) electrons.